The number of hydrogen-bond acceptors (Lipinski definition) is 2. The lowest BCUT2D eigenvalue weighted by Crippen LogP contribution is -2.24. The molecule has 4 heteroatoms. The number of Topliss-reactive ketones (excluding diaryl/α,β-unsaturated/α-hetero) is 1. The smallest absolute Gasteiger partial charge is 0.162 e. The Hall–Kier alpha value is -1.84. The maximum atomic E-state index is 12.8. The Kier molecular flexibility index (Phi) is 7.96. The van der Waals surface area contributed by atoms with E-state index < -0.39 is 0 Å². The van der Waals surface area contributed by atoms with Crippen molar-refractivity contribution < 1.29 is 4.79 Å². The first-order valence-corrected chi connectivity index (χ1v) is 12.8. The molecular weight excluding hydrogens is 410 g/mol. The summed E-state index contributed by atoms with van der Waals surface area (Å²) in [5.41, 5.74) is 4.47. The molecule has 0 radical (unpaired) electrons. The molecule has 0 spiro atoms. The number of carbonyl (C=O) groups is 1. The van der Waals surface area contributed by atoms with Gasteiger partial charge >= 0.3 is 0 Å². The molecule has 0 amide bonds. The van der Waals surface area contributed by atoms with Gasteiger partial charge in [0.05, 0.1) is 6.04 Å². The molecule has 160 valence electrons. The first-order chi connectivity index (χ1) is 14.4. The quantitative estimate of drug-likeness (QED) is 0.316. The van der Waals surface area contributed by atoms with Gasteiger partial charge in [0.15, 0.2) is 5.78 Å². The highest BCUT2D eigenvalue weighted by molar-refractivity contribution is 8.16. The molecule has 1 aliphatic rings. The van der Waals surface area contributed by atoms with E-state index in [2.05, 4.69) is 67.0 Å². The van der Waals surface area contributed by atoms with Crippen molar-refractivity contribution in [3.8, 4) is 0 Å². The van der Waals surface area contributed by atoms with Crippen LogP contribution in [0.3, 0.4) is 0 Å². The van der Waals surface area contributed by atoms with Crippen LogP contribution in [-0.4, -0.2) is 24.0 Å². The molecular formula is C26H32ClNOS. The van der Waals surface area contributed by atoms with Crippen molar-refractivity contribution in [1.29, 1.82) is 0 Å². The van der Waals surface area contributed by atoms with E-state index in [1.165, 1.54) is 11.3 Å². The second kappa shape index (κ2) is 10.5. The molecule has 0 fully saturated rings. The Morgan fingerprint density at radius 3 is 2.73 bits per heavy atom. The third-order valence-electron chi connectivity index (χ3n) is 5.98. The number of rotatable bonds is 8. The van der Waals surface area contributed by atoms with E-state index in [0.29, 0.717) is 12.3 Å². The standard InChI is InChI=1S/C26H32ClNOS/c1-5-30(4)17-15-19(2)10-13-26(29)22-11-12-25-21(18-22)14-16-28(25)20(3)23-8-6-7-9-24(23)27/h5-9,11-12,15,17-20H,10,13-14,16H2,1-4H3/b17-15+/t19-,20?,30?/m0/s1. The summed E-state index contributed by atoms with van der Waals surface area (Å²) < 4.78 is 0. The van der Waals surface area contributed by atoms with Gasteiger partial charge in [-0.3, -0.25) is 4.79 Å². The summed E-state index contributed by atoms with van der Waals surface area (Å²) >= 11 is 6.42. The third kappa shape index (κ3) is 5.44. The van der Waals surface area contributed by atoms with Gasteiger partial charge in [0.2, 0.25) is 0 Å². The number of allylic oxidation sites excluding steroid dienone is 1. The fraction of sp³-hybridized carbons (Fsp3) is 0.385. The Morgan fingerprint density at radius 1 is 1.23 bits per heavy atom. The van der Waals surface area contributed by atoms with Gasteiger partial charge in [-0.2, -0.15) is 10.5 Å². The fourth-order valence-electron chi connectivity index (χ4n) is 3.92. The van der Waals surface area contributed by atoms with Crippen LogP contribution in [0.15, 0.2) is 53.9 Å². The van der Waals surface area contributed by atoms with E-state index in [-0.39, 0.29) is 22.3 Å². The van der Waals surface area contributed by atoms with Gasteiger partial charge in [-0.25, -0.2) is 0 Å². The second-order valence-electron chi connectivity index (χ2n) is 8.10. The molecule has 2 nitrogen and oxygen atoms in total. The number of benzene rings is 2. The Bertz CT molecular complexity index is 965. The minimum Gasteiger partial charge on any atom is -0.364 e. The molecule has 0 N–H and O–H groups in total. The SMILES string of the molecule is C/C=S(C)/C=C/[C@@H](C)CCC(=O)c1ccc2c(c1)CCN2C(C)c1ccccc1Cl. The lowest BCUT2D eigenvalue weighted by molar-refractivity contribution is 0.0976. The van der Waals surface area contributed by atoms with Crippen LogP contribution in [0.25, 0.3) is 0 Å². The van der Waals surface area contributed by atoms with Gasteiger partial charge in [0.1, 0.15) is 0 Å². The number of fused-ring (bicyclic) bond motifs is 1. The van der Waals surface area contributed by atoms with Crippen molar-refractivity contribution in [2.75, 3.05) is 17.7 Å². The zero-order valence-corrected chi connectivity index (χ0v) is 20.0. The van der Waals surface area contributed by atoms with Gasteiger partial charge in [0.25, 0.3) is 0 Å². The van der Waals surface area contributed by atoms with Crippen molar-refractivity contribution in [1.82, 2.24) is 0 Å². The van der Waals surface area contributed by atoms with Gasteiger partial charge in [0, 0.05) is 29.2 Å². The highest BCUT2D eigenvalue weighted by atomic mass is 35.5. The molecule has 2 aromatic carbocycles. The molecule has 1 heterocycles. The van der Waals surface area contributed by atoms with Crippen LogP contribution in [-0.2, 0) is 6.42 Å². The van der Waals surface area contributed by atoms with E-state index in [1.54, 1.807) is 0 Å². The molecule has 0 aliphatic carbocycles. The van der Waals surface area contributed by atoms with Crippen molar-refractivity contribution >= 4 is 38.9 Å². The maximum absolute atomic E-state index is 12.8. The van der Waals surface area contributed by atoms with Crippen molar-refractivity contribution in [3.63, 3.8) is 0 Å². The number of hydrogen-bond donors (Lipinski definition) is 0. The molecule has 0 aromatic heterocycles. The minimum atomic E-state index is 0.206. The summed E-state index contributed by atoms with van der Waals surface area (Å²) in [6, 6.07) is 14.5. The number of halogens is 1. The molecule has 3 rings (SSSR count). The molecule has 1 aliphatic heterocycles. The van der Waals surface area contributed by atoms with Gasteiger partial charge in [-0.05, 0) is 79.7 Å². The van der Waals surface area contributed by atoms with E-state index >= 15 is 0 Å². The summed E-state index contributed by atoms with van der Waals surface area (Å²) in [5.74, 6) is 0.665. The minimum absolute atomic E-state index is 0.206. The predicted molar refractivity (Wildman–Crippen MR) is 134 cm³/mol. The predicted octanol–water partition coefficient (Wildman–Crippen LogP) is 7.30. The van der Waals surface area contributed by atoms with Crippen molar-refractivity contribution in [2.45, 2.75) is 46.1 Å². The van der Waals surface area contributed by atoms with E-state index in [1.807, 2.05) is 24.3 Å². The molecule has 0 saturated heterocycles. The van der Waals surface area contributed by atoms with E-state index in [0.717, 1.165) is 35.5 Å². The number of nitrogens with zero attached hydrogens (tertiary/aromatic N) is 1. The van der Waals surface area contributed by atoms with Crippen molar-refractivity contribution in [2.24, 2.45) is 5.92 Å². The summed E-state index contributed by atoms with van der Waals surface area (Å²) in [4.78, 5) is 15.2. The zero-order valence-electron chi connectivity index (χ0n) is 18.4. The monoisotopic (exact) mass is 441 g/mol. The van der Waals surface area contributed by atoms with Gasteiger partial charge < -0.3 is 4.90 Å². The Balaban J connectivity index is 1.66. The van der Waals surface area contributed by atoms with Gasteiger partial charge in [-0.15, -0.1) is 0 Å². The zero-order chi connectivity index (χ0) is 21.7. The maximum Gasteiger partial charge on any atom is 0.162 e. The van der Waals surface area contributed by atoms with Crippen molar-refractivity contribution in [3.05, 3.63) is 75.7 Å². The van der Waals surface area contributed by atoms with Crippen LogP contribution in [0.2, 0.25) is 5.02 Å². The summed E-state index contributed by atoms with van der Waals surface area (Å²) in [6.07, 6.45) is 6.90. The highest BCUT2D eigenvalue weighted by Gasteiger charge is 2.26. The average molecular weight is 442 g/mol. The van der Waals surface area contributed by atoms with Crippen LogP contribution >= 0.6 is 22.1 Å². The Morgan fingerprint density at radius 2 is 2.00 bits per heavy atom. The number of carbonyl (C=O) groups excluding carboxylic acids is 1. The molecule has 30 heavy (non-hydrogen) atoms. The summed E-state index contributed by atoms with van der Waals surface area (Å²) in [7, 11) is 0.226. The largest absolute Gasteiger partial charge is 0.364 e. The third-order valence-corrected chi connectivity index (χ3v) is 7.65. The van der Waals surface area contributed by atoms with Crippen LogP contribution in [0.5, 0.6) is 0 Å². The van der Waals surface area contributed by atoms with E-state index in [9.17, 15) is 4.79 Å². The van der Waals surface area contributed by atoms with Crippen LogP contribution < -0.4 is 4.90 Å². The topological polar surface area (TPSA) is 20.3 Å². The van der Waals surface area contributed by atoms with Crippen LogP contribution in [0.1, 0.15) is 61.1 Å². The second-order valence-corrected chi connectivity index (χ2v) is 10.5. The molecule has 2 unspecified atom stereocenters. The number of anilines is 1. The van der Waals surface area contributed by atoms with Crippen LogP contribution in [0, 0.1) is 5.92 Å². The first kappa shape index (κ1) is 22.8. The van der Waals surface area contributed by atoms with Gasteiger partial charge in [-0.1, -0.05) is 48.2 Å². The molecule has 0 saturated carbocycles. The lowest BCUT2D eigenvalue weighted by atomic mass is 9.98. The van der Waals surface area contributed by atoms with Crippen LogP contribution in [0.4, 0.5) is 5.69 Å². The molecule has 0 bridgehead atoms. The highest BCUT2D eigenvalue weighted by Crippen LogP contribution is 2.37. The summed E-state index contributed by atoms with van der Waals surface area (Å²) in [5, 5.41) is 5.26. The average Bonchev–Trinajstić information content (AvgIpc) is 3.18. The Labute approximate surface area is 188 Å². The fourth-order valence-corrected chi connectivity index (χ4v) is 4.89. The molecule has 3 atom stereocenters. The summed E-state index contributed by atoms with van der Waals surface area (Å²) in [6.45, 7) is 7.43. The normalized spacial score (nSPS) is 16.6. The molecule has 2 aromatic rings. The lowest BCUT2D eigenvalue weighted by Gasteiger charge is -2.28. The number of ketones is 1. The van der Waals surface area contributed by atoms with E-state index in [4.69, 9.17) is 11.6 Å². The first-order valence-electron chi connectivity index (χ1n) is 10.7.